The van der Waals surface area contributed by atoms with E-state index in [4.69, 9.17) is 5.21 Å². The van der Waals surface area contributed by atoms with Gasteiger partial charge in [0, 0.05) is 5.38 Å². The van der Waals surface area contributed by atoms with E-state index in [2.05, 4.69) is 14.9 Å². The second-order valence-electron chi connectivity index (χ2n) is 3.26. The molecule has 0 aliphatic rings. The van der Waals surface area contributed by atoms with Gasteiger partial charge < -0.3 is 5.21 Å². The second-order valence-corrected chi connectivity index (χ2v) is 6.98. The molecule has 2 heterocycles. The fourth-order valence-electron chi connectivity index (χ4n) is 1.12. The number of aromatic nitrogens is 1. The fraction of sp³-hybridized carbons (Fsp3) is 0.111. The molecule has 0 saturated carbocycles. The molecule has 2 aromatic rings. The molecule has 0 radical (unpaired) electrons. The van der Waals surface area contributed by atoms with Gasteiger partial charge in [0.05, 0.1) is 0 Å². The van der Waals surface area contributed by atoms with Crippen molar-refractivity contribution >= 4 is 43.5 Å². The Labute approximate surface area is 112 Å². The third-order valence-corrected chi connectivity index (χ3v) is 5.63. The zero-order valence-corrected chi connectivity index (χ0v) is 11.6. The Morgan fingerprint density at radius 2 is 2.28 bits per heavy atom. The molecule has 0 aromatic carbocycles. The lowest BCUT2D eigenvalue weighted by molar-refractivity contribution is 0.319. The van der Waals surface area contributed by atoms with E-state index in [1.54, 1.807) is 23.8 Å². The highest BCUT2D eigenvalue weighted by molar-refractivity contribution is 7.94. The number of nitrogens with one attached hydrogen (secondary N) is 1. The normalized spacial score (nSPS) is 12.6. The van der Waals surface area contributed by atoms with Crippen molar-refractivity contribution in [3.8, 4) is 0 Å². The summed E-state index contributed by atoms with van der Waals surface area (Å²) in [7, 11) is -3.58. The highest BCUT2D eigenvalue weighted by Crippen LogP contribution is 2.22. The summed E-state index contributed by atoms with van der Waals surface area (Å²) in [5.74, 6) is 0. The molecule has 0 spiro atoms. The van der Waals surface area contributed by atoms with E-state index in [1.165, 1.54) is 6.07 Å². The van der Waals surface area contributed by atoms with Gasteiger partial charge in [-0.1, -0.05) is 11.2 Å². The number of anilines is 1. The molecule has 0 aliphatic carbocycles. The minimum atomic E-state index is -3.58. The van der Waals surface area contributed by atoms with Gasteiger partial charge in [-0.3, -0.25) is 4.72 Å². The first kappa shape index (κ1) is 13.0. The van der Waals surface area contributed by atoms with Crippen LogP contribution in [-0.4, -0.2) is 24.3 Å². The fourth-order valence-corrected chi connectivity index (χ4v) is 4.12. The average molecular weight is 303 g/mol. The lowest BCUT2D eigenvalue weighted by atomic mass is 10.3. The van der Waals surface area contributed by atoms with Gasteiger partial charge in [0.2, 0.25) is 0 Å². The van der Waals surface area contributed by atoms with E-state index in [0.29, 0.717) is 11.4 Å². The third kappa shape index (κ3) is 2.68. The molecule has 0 aliphatic heterocycles. The standard InChI is InChI=1S/C9H9N3O3S3/c1-6(11-13)7-5-17-9(10-7)12-18(14,15)8-3-2-4-16-8/h2-5,13H,1H3,(H,10,12). The van der Waals surface area contributed by atoms with E-state index < -0.39 is 10.0 Å². The maximum atomic E-state index is 11.9. The first-order valence-electron chi connectivity index (χ1n) is 4.74. The molecule has 96 valence electrons. The van der Waals surface area contributed by atoms with Crippen LogP contribution in [0.5, 0.6) is 0 Å². The number of sulfonamides is 1. The van der Waals surface area contributed by atoms with Crippen LogP contribution in [0.4, 0.5) is 5.13 Å². The monoisotopic (exact) mass is 303 g/mol. The maximum Gasteiger partial charge on any atom is 0.273 e. The molecule has 0 saturated heterocycles. The van der Waals surface area contributed by atoms with Gasteiger partial charge in [0.1, 0.15) is 15.6 Å². The molecule has 0 amide bonds. The molecule has 0 unspecified atom stereocenters. The molecule has 9 heteroatoms. The molecule has 2 rings (SSSR count). The van der Waals surface area contributed by atoms with Crippen LogP contribution in [0.25, 0.3) is 0 Å². The van der Waals surface area contributed by atoms with Crippen LogP contribution in [0.15, 0.2) is 32.3 Å². The van der Waals surface area contributed by atoms with Gasteiger partial charge in [-0.25, -0.2) is 13.4 Å². The van der Waals surface area contributed by atoms with Crippen LogP contribution in [-0.2, 0) is 10.0 Å². The zero-order chi connectivity index (χ0) is 13.2. The number of thiophene rings is 1. The average Bonchev–Trinajstić information content (AvgIpc) is 2.97. The molecule has 0 atom stereocenters. The van der Waals surface area contributed by atoms with E-state index in [0.717, 1.165) is 22.7 Å². The Morgan fingerprint density at radius 1 is 1.50 bits per heavy atom. The van der Waals surface area contributed by atoms with Crippen molar-refractivity contribution in [1.29, 1.82) is 0 Å². The first-order chi connectivity index (χ1) is 8.53. The molecule has 6 nitrogen and oxygen atoms in total. The smallest absolute Gasteiger partial charge is 0.273 e. The van der Waals surface area contributed by atoms with Gasteiger partial charge in [0.25, 0.3) is 10.0 Å². The summed E-state index contributed by atoms with van der Waals surface area (Å²) < 4.78 is 26.4. The van der Waals surface area contributed by atoms with Crippen molar-refractivity contribution in [3.63, 3.8) is 0 Å². The molecule has 2 aromatic heterocycles. The number of hydrogen-bond donors (Lipinski definition) is 2. The number of rotatable bonds is 4. The van der Waals surface area contributed by atoms with Gasteiger partial charge in [-0.2, -0.15) is 0 Å². The van der Waals surface area contributed by atoms with Crippen molar-refractivity contribution in [2.24, 2.45) is 5.16 Å². The second kappa shape index (κ2) is 5.04. The lowest BCUT2D eigenvalue weighted by Crippen LogP contribution is -2.11. The number of oxime groups is 1. The summed E-state index contributed by atoms with van der Waals surface area (Å²) in [4.78, 5) is 4.02. The third-order valence-electron chi connectivity index (χ3n) is 2.01. The summed E-state index contributed by atoms with van der Waals surface area (Å²) in [6.45, 7) is 1.58. The van der Waals surface area contributed by atoms with Gasteiger partial charge in [-0.05, 0) is 18.4 Å². The lowest BCUT2D eigenvalue weighted by Gasteiger charge is -2.01. The molecule has 18 heavy (non-hydrogen) atoms. The highest BCUT2D eigenvalue weighted by atomic mass is 32.2. The molecule has 2 N–H and O–H groups in total. The van der Waals surface area contributed by atoms with E-state index >= 15 is 0 Å². The summed E-state index contributed by atoms with van der Waals surface area (Å²) in [6.07, 6.45) is 0. The van der Waals surface area contributed by atoms with Gasteiger partial charge >= 0.3 is 0 Å². The SMILES string of the molecule is CC(=NO)c1csc(NS(=O)(=O)c2cccs2)n1. The number of thiazole rings is 1. The quantitative estimate of drug-likeness (QED) is 0.514. The zero-order valence-electron chi connectivity index (χ0n) is 9.19. The molecule has 0 bridgehead atoms. The van der Waals surface area contributed by atoms with Crippen LogP contribution in [0.1, 0.15) is 12.6 Å². The first-order valence-corrected chi connectivity index (χ1v) is 7.98. The minimum Gasteiger partial charge on any atom is -0.411 e. The summed E-state index contributed by atoms with van der Waals surface area (Å²) in [5.41, 5.74) is 0.763. The van der Waals surface area contributed by atoms with Crippen LogP contribution in [0.3, 0.4) is 0 Å². The van der Waals surface area contributed by atoms with Crippen molar-refractivity contribution in [2.45, 2.75) is 11.1 Å². The predicted molar refractivity (Wildman–Crippen MR) is 71.2 cm³/mol. The van der Waals surface area contributed by atoms with E-state index in [9.17, 15) is 8.42 Å². The topological polar surface area (TPSA) is 91.7 Å². The number of hydrogen-bond acceptors (Lipinski definition) is 7. The van der Waals surface area contributed by atoms with Crippen molar-refractivity contribution in [2.75, 3.05) is 4.72 Å². The Hall–Kier alpha value is -1.45. The van der Waals surface area contributed by atoms with E-state index in [1.807, 2.05) is 0 Å². The Balaban J connectivity index is 2.23. The van der Waals surface area contributed by atoms with Crippen LogP contribution < -0.4 is 4.72 Å². The summed E-state index contributed by atoms with van der Waals surface area (Å²) in [5, 5.41) is 15.1. The van der Waals surface area contributed by atoms with Gasteiger partial charge in [0.15, 0.2) is 5.13 Å². The Morgan fingerprint density at radius 3 is 2.89 bits per heavy atom. The van der Waals surface area contributed by atoms with E-state index in [-0.39, 0.29) is 9.34 Å². The Bertz CT molecular complexity index is 658. The number of nitrogens with zero attached hydrogens (tertiary/aromatic N) is 2. The van der Waals surface area contributed by atoms with Crippen molar-refractivity contribution < 1.29 is 13.6 Å². The minimum absolute atomic E-state index is 0.229. The predicted octanol–water partition coefficient (Wildman–Crippen LogP) is 2.20. The molecular weight excluding hydrogens is 294 g/mol. The van der Waals surface area contributed by atoms with Gasteiger partial charge in [-0.15, -0.1) is 22.7 Å². The highest BCUT2D eigenvalue weighted by Gasteiger charge is 2.17. The van der Waals surface area contributed by atoms with Crippen molar-refractivity contribution in [1.82, 2.24) is 4.98 Å². The summed E-state index contributed by atoms with van der Waals surface area (Å²) >= 11 is 2.26. The molecule has 0 fully saturated rings. The Kier molecular flexibility index (Phi) is 3.64. The van der Waals surface area contributed by atoms with Crippen molar-refractivity contribution in [3.05, 3.63) is 28.6 Å². The summed E-state index contributed by atoms with van der Waals surface area (Å²) in [6, 6.07) is 3.18. The van der Waals surface area contributed by atoms with Crippen LogP contribution in [0.2, 0.25) is 0 Å². The maximum absolute atomic E-state index is 11.9. The largest absolute Gasteiger partial charge is 0.411 e. The molecular formula is C9H9N3O3S3. The van der Waals surface area contributed by atoms with Crippen LogP contribution >= 0.6 is 22.7 Å². The van der Waals surface area contributed by atoms with Crippen LogP contribution in [0, 0.1) is 0 Å².